The van der Waals surface area contributed by atoms with Crippen molar-refractivity contribution in [2.45, 2.75) is 11.5 Å². The summed E-state index contributed by atoms with van der Waals surface area (Å²) in [5, 5.41) is 12.6. The van der Waals surface area contributed by atoms with Gasteiger partial charge in [0.05, 0.1) is 16.1 Å². The number of ether oxygens (including phenoxy) is 1. The number of nitrogens with one attached hydrogen (secondary N) is 2. The van der Waals surface area contributed by atoms with Gasteiger partial charge in [-0.25, -0.2) is 18.5 Å². The highest BCUT2D eigenvalue weighted by molar-refractivity contribution is 7.89. The van der Waals surface area contributed by atoms with Gasteiger partial charge in [0.15, 0.2) is 5.11 Å². The van der Waals surface area contributed by atoms with Crippen molar-refractivity contribution in [2.24, 2.45) is 5.14 Å². The molecule has 1 aromatic heterocycles. The molecule has 0 aliphatic rings. The fourth-order valence-electron chi connectivity index (χ4n) is 3.00. The third-order valence-corrected chi connectivity index (χ3v) is 5.73. The lowest BCUT2D eigenvalue weighted by Gasteiger charge is -2.12. The molecule has 4 aromatic rings. The summed E-state index contributed by atoms with van der Waals surface area (Å²) in [5.41, 5.74) is 3.20. The number of anilines is 2. The molecule has 0 aliphatic heterocycles. The summed E-state index contributed by atoms with van der Waals surface area (Å²) >= 11 is 5.31. The van der Waals surface area contributed by atoms with Crippen LogP contribution in [0.1, 0.15) is 5.69 Å². The number of sulfonamides is 1. The van der Waals surface area contributed by atoms with Crippen molar-refractivity contribution in [3.05, 3.63) is 90.6 Å². The minimum absolute atomic E-state index is 0.0383. The lowest BCUT2D eigenvalue weighted by Crippen LogP contribution is -2.19. The smallest absolute Gasteiger partial charge is 0.238 e. The number of hydrogen-bond acceptors (Lipinski definition) is 5. The second kappa shape index (κ2) is 9.31. The van der Waals surface area contributed by atoms with Crippen LogP contribution in [0.5, 0.6) is 5.75 Å². The number of para-hydroxylation sites is 1. The minimum Gasteiger partial charge on any atom is -0.487 e. The van der Waals surface area contributed by atoms with Gasteiger partial charge in [0.1, 0.15) is 12.4 Å². The van der Waals surface area contributed by atoms with E-state index in [9.17, 15) is 8.42 Å². The fraction of sp³-hybridized carbons (Fsp3) is 0.0435. The number of rotatable bonds is 6. The van der Waals surface area contributed by atoms with Crippen LogP contribution in [0.2, 0.25) is 0 Å². The molecule has 7 nitrogen and oxygen atoms in total. The third kappa shape index (κ3) is 5.58. The summed E-state index contributed by atoms with van der Waals surface area (Å²) in [6.45, 7) is 0.367. The van der Waals surface area contributed by atoms with Crippen molar-refractivity contribution in [1.29, 1.82) is 0 Å². The molecule has 0 fully saturated rings. The van der Waals surface area contributed by atoms with Gasteiger partial charge in [-0.1, -0.05) is 24.3 Å². The van der Waals surface area contributed by atoms with Crippen molar-refractivity contribution >= 4 is 49.6 Å². The van der Waals surface area contributed by atoms with Gasteiger partial charge in [-0.3, -0.25) is 0 Å². The lowest BCUT2D eigenvalue weighted by atomic mass is 10.2. The first-order valence-electron chi connectivity index (χ1n) is 9.65. The number of thiocarbonyl (C=S) groups is 1. The number of primary sulfonamides is 1. The first-order chi connectivity index (χ1) is 15.4. The van der Waals surface area contributed by atoms with Crippen molar-refractivity contribution in [3.8, 4) is 5.75 Å². The van der Waals surface area contributed by atoms with E-state index in [4.69, 9.17) is 22.1 Å². The van der Waals surface area contributed by atoms with E-state index in [2.05, 4.69) is 15.6 Å². The van der Waals surface area contributed by atoms with Gasteiger partial charge in [0, 0.05) is 16.8 Å². The van der Waals surface area contributed by atoms with Crippen LogP contribution in [0.15, 0.2) is 89.8 Å². The van der Waals surface area contributed by atoms with E-state index >= 15 is 0 Å². The predicted octanol–water partition coefficient (Wildman–Crippen LogP) is 4.27. The van der Waals surface area contributed by atoms with Gasteiger partial charge in [-0.05, 0) is 72.9 Å². The van der Waals surface area contributed by atoms with E-state index in [1.54, 1.807) is 12.1 Å². The van der Waals surface area contributed by atoms with E-state index in [-0.39, 0.29) is 4.90 Å². The third-order valence-electron chi connectivity index (χ3n) is 4.60. The van der Waals surface area contributed by atoms with Crippen molar-refractivity contribution in [2.75, 3.05) is 10.6 Å². The lowest BCUT2D eigenvalue weighted by molar-refractivity contribution is 0.302. The average Bonchev–Trinajstić information content (AvgIpc) is 2.78. The fourth-order valence-corrected chi connectivity index (χ4v) is 3.75. The number of aromatic nitrogens is 1. The largest absolute Gasteiger partial charge is 0.487 e. The molecule has 0 unspecified atom stereocenters. The number of nitrogens with zero attached hydrogens (tertiary/aromatic N) is 1. The quantitative estimate of drug-likeness (QED) is 0.366. The molecule has 0 aliphatic carbocycles. The molecule has 1 heterocycles. The highest BCUT2D eigenvalue weighted by atomic mass is 32.2. The molecule has 3 aromatic carbocycles. The molecule has 0 saturated heterocycles. The van der Waals surface area contributed by atoms with Gasteiger partial charge in [-0.2, -0.15) is 0 Å². The monoisotopic (exact) mass is 464 g/mol. The Labute approximate surface area is 191 Å². The molecule has 0 saturated carbocycles. The Morgan fingerprint density at radius 2 is 1.50 bits per heavy atom. The molecule has 0 atom stereocenters. The highest BCUT2D eigenvalue weighted by Gasteiger charge is 2.07. The molecule has 4 N–H and O–H groups in total. The standard InChI is InChI=1S/C23H20N4O3S2/c24-32(28,29)21-13-9-18(10-14-21)27-23(31)26-17-7-11-20(12-8-17)30-15-19-6-5-16-3-1-2-4-22(16)25-19/h1-14H,15H2,(H2,24,28,29)(H2,26,27,31). The van der Waals surface area contributed by atoms with Crippen LogP contribution in [0, 0.1) is 0 Å². The Kier molecular flexibility index (Phi) is 6.31. The van der Waals surface area contributed by atoms with Crippen molar-refractivity contribution in [3.63, 3.8) is 0 Å². The summed E-state index contributed by atoms with van der Waals surface area (Å²) < 4.78 is 28.5. The molecule has 0 bridgehead atoms. The van der Waals surface area contributed by atoms with Crippen LogP contribution in [0.25, 0.3) is 10.9 Å². The van der Waals surface area contributed by atoms with Crippen LogP contribution in [-0.4, -0.2) is 18.5 Å². The van der Waals surface area contributed by atoms with Crippen molar-refractivity contribution in [1.82, 2.24) is 4.98 Å². The zero-order valence-corrected chi connectivity index (χ0v) is 18.5. The summed E-state index contributed by atoms with van der Waals surface area (Å²) in [6, 6.07) is 25.3. The zero-order chi connectivity index (χ0) is 22.6. The van der Waals surface area contributed by atoms with Crippen LogP contribution in [0.3, 0.4) is 0 Å². The SMILES string of the molecule is NS(=O)(=O)c1ccc(NC(=S)Nc2ccc(OCc3ccc4ccccc4n3)cc2)cc1. The van der Waals surface area contributed by atoms with Crippen LogP contribution in [0.4, 0.5) is 11.4 Å². The summed E-state index contributed by atoms with van der Waals surface area (Å²) in [6.07, 6.45) is 0. The summed E-state index contributed by atoms with van der Waals surface area (Å²) in [7, 11) is -3.73. The van der Waals surface area contributed by atoms with Crippen LogP contribution >= 0.6 is 12.2 Å². The maximum absolute atomic E-state index is 11.3. The number of benzene rings is 3. The highest BCUT2D eigenvalue weighted by Crippen LogP contribution is 2.19. The van der Waals surface area contributed by atoms with E-state index in [0.717, 1.165) is 22.3 Å². The molecular formula is C23H20N4O3S2. The first-order valence-corrected chi connectivity index (χ1v) is 11.6. The van der Waals surface area contributed by atoms with E-state index < -0.39 is 10.0 Å². The summed E-state index contributed by atoms with van der Waals surface area (Å²) in [5.74, 6) is 0.711. The molecule has 0 radical (unpaired) electrons. The minimum atomic E-state index is -3.73. The van der Waals surface area contributed by atoms with Gasteiger partial charge in [0.25, 0.3) is 0 Å². The zero-order valence-electron chi connectivity index (χ0n) is 16.9. The van der Waals surface area contributed by atoms with Crippen molar-refractivity contribution < 1.29 is 13.2 Å². The maximum atomic E-state index is 11.3. The van der Waals surface area contributed by atoms with E-state index in [0.29, 0.717) is 23.2 Å². The number of pyridine rings is 1. The Bertz CT molecular complexity index is 1360. The topological polar surface area (TPSA) is 106 Å². The Morgan fingerprint density at radius 3 is 2.16 bits per heavy atom. The van der Waals surface area contributed by atoms with Gasteiger partial charge < -0.3 is 15.4 Å². The van der Waals surface area contributed by atoms with Crippen LogP contribution in [-0.2, 0) is 16.6 Å². The van der Waals surface area contributed by atoms with E-state index in [1.165, 1.54) is 12.1 Å². The Hall–Kier alpha value is -3.53. The second-order valence-electron chi connectivity index (χ2n) is 6.96. The normalized spacial score (nSPS) is 11.2. The number of fused-ring (bicyclic) bond motifs is 1. The number of hydrogen-bond donors (Lipinski definition) is 3. The molecule has 32 heavy (non-hydrogen) atoms. The molecule has 9 heteroatoms. The molecule has 0 spiro atoms. The predicted molar refractivity (Wildman–Crippen MR) is 130 cm³/mol. The maximum Gasteiger partial charge on any atom is 0.238 e. The molecule has 162 valence electrons. The van der Waals surface area contributed by atoms with Gasteiger partial charge >= 0.3 is 0 Å². The Balaban J connectivity index is 1.31. The molecular weight excluding hydrogens is 444 g/mol. The molecule has 4 rings (SSSR count). The van der Waals surface area contributed by atoms with Crippen LogP contribution < -0.4 is 20.5 Å². The van der Waals surface area contributed by atoms with Gasteiger partial charge in [-0.15, -0.1) is 0 Å². The average molecular weight is 465 g/mol. The number of nitrogens with two attached hydrogens (primary N) is 1. The summed E-state index contributed by atoms with van der Waals surface area (Å²) in [4.78, 5) is 4.64. The molecule has 0 amide bonds. The Morgan fingerprint density at radius 1 is 0.875 bits per heavy atom. The van der Waals surface area contributed by atoms with E-state index in [1.807, 2.05) is 60.7 Å². The second-order valence-corrected chi connectivity index (χ2v) is 8.93. The first kappa shape index (κ1) is 21.7. The van der Waals surface area contributed by atoms with Gasteiger partial charge in [0.2, 0.25) is 10.0 Å².